The van der Waals surface area contributed by atoms with E-state index in [4.69, 9.17) is 4.74 Å². The molecule has 28 heavy (non-hydrogen) atoms. The molecule has 148 valence electrons. The van der Waals surface area contributed by atoms with Crippen LogP contribution in [-0.4, -0.2) is 44.2 Å². The van der Waals surface area contributed by atoms with Gasteiger partial charge in [-0.1, -0.05) is 12.1 Å². The molecule has 2 aromatic carbocycles. The molecule has 3 rings (SSSR count). The fourth-order valence-electron chi connectivity index (χ4n) is 3.15. The van der Waals surface area contributed by atoms with Crippen LogP contribution in [-0.2, 0) is 14.8 Å². The maximum Gasteiger partial charge on any atom is 0.338 e. The number of nitrogens with zero attached hydrogens (tertiary/aromatic N) is 1. The van der Waals surface area contributed by atoms with Crippen molar-refractivity contribution in [2.75, 3.05) is 19.7 Å². The first-order valence-electron chi connectivity index (χ1n) is 9.17. The summed E-state index contributed by atoms with van der Waals surface area (Å²) in [5, 5.41) is 0. The van der Waals surface area contributed by atoms with E-state index < -0.39 is 22.6 Å². The van der Waals surface area contributed by atoms with Crippen molar-refractivity contribution < 1.29 is 22.7 Å². The lowest BCUT2D eigenvalue weighted by atomic mass is 10.0. The third kappa shape index (κ3) is 4.15. The molecule has 1 heterocycles. The highest BCUT2D eigenvalue weighted by molar-refractivity contribution is 7.89. The van der Waals surface area contributed by atoms with Crippen LogP contribution in [0.4, 0.5) is 0 Å². The van der Waals surface area contributed by atoms with E-state index in [-0.39, 0.29) is 10.7 Å². The Balaban J connectivity index is 1.65. The SMILES string of the molecule is Cc1cccc(C(=O)OCC(=O)c2ccc(S(=O)(=O)N3CCCC3)cc2)c1C. The van der Waals surface area contributed by atoms with Crippen LogP contribution in [0.3, 0.4) is 0 Å². The van der Waals surface area contributed by atoms with Gasteiger partial charge in [-0.05, 0) is 68.1 Å². The van der Waals surface area contributed by atoms with Gasteiger partial charge in [-0.15, -0.1) is 0 Å². The van der Waals surface area contributed by atoms with E-state index >= 15 is 0 Å². The van der Waals surface area contributed by atoms with Crippen molar-refractivity contribution in [3.8, 4) is 0 Å². The van der Waals surface area contributed by atoms with Crippen molar-refractivity contribution >= 4 is 21.8 Å². The third-order valence-electron chi connectivity index (χ3n) is 5.04. The van der Waals surface area contributed by atoms with Gasteiger partial charge in [0.1, 0.15) is 0 Å². The van der Waals surface area contributed by atoms with Gasteiger partial charge in [0, 0.05) is 18.7 Å². The molecule has 1 aliphatic rings. The van der Waals surface area contributed by atoms with Crippen LogP contribution in [0.25, 0.3) is 0 Å². The van der Waals surface area contributed by atoms with Crippen LogP contribution >= 0.6 is 0 Å². The minimum absolute atomic E-state index is 0.165. The van der Waals surface area contributed by atoms with Crippen LogP contribution in [0.2, 0.25) is 0 Å². The lowest BCUT2D eigenvalue weighted by Gasteiger charge is -2.15. The standard InChI is InChI=1S/C21H23NO5S/c1-15-6-5-7-19(16(15)2)21(24)27-14-20(23)17-8-10-18(11-9-17)28(25,26)22-12-3-4-13-22/h5-11H,3-4,12-14H2,1-2H3. The zero-order chi connectivity index (χ0) is 20.3. The molecule has 1 saturated heterocycles. The predicted molar refractivity (Wildman–Crippen MR) is 105 cm³/mol. The smallest absolute Gasteiger partial charge is 0.338 e. The Bertz CT molecular complexity index is 990. The first-order chi connectivity index (χ1) is 13.3. The number of sulfonamides is 1. The summed E-state index contributed by atoms with van der Waals surface area (Å²) in [7, 11) is -3.52. The zero-order valence-electron chi connectivity index (χ0n) is 16.0. The van der Waals surface area contributed by atoms with E-state index in [2.05, 4.69) is 0 Å². The van der Waals surface area contributed by atoms with Gasteiger partial charge in [0.15, 0.2) is 12.4 Å². The van der Waals surface area contributed by atoms with Crippen molar-refractivity contribution in [2.45, 2.75) is 31.6 Å². The van der Waals surface area contributed by atoms with Gasteiger partial charge in [0.2, 0.25) is 10.0 Å². The Morgan fingerprint density at radius 3 is 2.29 bits per heavy atom. The molecule has 6 nitrogen and oxygen atoms in total. The van der Waals surface area contributed by atoms with Gasteiger partial charge in [0.05, 0.1) is 10.5 Å². The largest absolute Gasteiger partial charge is 0.454 e. The maximum absolute atomic E-state index is 12.5. The van der Waals surface area contributed by atoms with Crippen molar-refractivity contribution in [3.63, 3.8) is 0 Å². The zero-order valence-corrected chi connectivity index (χ0v) is 16.8. The highest BCUT2D eigenvalue weighted by Crippen LogP contribution is 2.21. The van der Waals surface area contributed by atoms with Gasteiger partial charge in [-0.2, -0.15) is 4.31 Å². The fraction of sp³-hybridized carbons (Fsp3) is 0.333. The molecule has 0 N–H and O–H groups in total. The molecular weight excluding hydrogens is 378 g/mol. The van der Waals surface area contributed by atoms with Crippen molar-refractivity contribution in [1.82, 2.24) is 4.31 Å². The van der Waals surface area contributed by atoms with Crippen molar-refractivity contribution in [2.24, 2.45) is 0 Å². The van der Waals surface area contributed by atoms with Gasteiger partial charge in [0.25, 0.3) is 0 Å². The second-order valence-electron chi connectivity index (χ2n) is 6.88. The summed E-state index contributed by atoms with van der Waals surface area (Å²) in [4.78, 5) is 24.7. The molecule has 0 atom stereocenters. The van der Waals surface area contributed by atoms with E-state index in [1.54, 1.807) is 12.1 Å². The maximum atomic E-state index is 12.5. The van der Waals surface area contributed by atoms with Crippen molar-refractivity contribution in [1.29, 1.82) is 0 Å². The number of esters is 1. The third-order valence-corrected chi connectivity index (χ3v) is 6.95. The number of benzene rings is 2. The summed E-state index contributed by atoms with van der Waals surface area (Å²) < 4.78 is 31.6. The molecule has 0 amide bonds. The molecule has 0 saturated carbocycles. The van der Waals surface area contributed by atoms with Gasteiger partial charge in [-0.25, -0.2) is 13.2 Å². The van der Waals surface area contributed by atoms with Gasteiger partial charge >= 0.3 is 5.97 Å². The first kappa shape index (κ1) is 20.2. The average Bonchev–Trinajstić information content (AvgIpc) is 3.24. The molecule has 0 spiro atoms. The number of hydrogen-bond donors (Lipinski definition) is 0. The highest BCUT2D eigenvalue weighted by atomic mass is 32.2. The Hall–Kier alpha value is -2.51. The number of carbonyl (C=O) groups excluding carboxylic acids is 2. The molecule has 0 aliphatic carbocycles. The van der Waals surface area contributed by atoms with Crippen LogP contribution in [0, 0.1) is 13.8 Å². The van der Waals surface area contributed by atoms with Gasteiger partial charge < -0.3 is 4.74 Å². The summed E-state index contributed by atoms with van der Waals surface area (Å²) in [6.07, 6.45) is 1.73. The second kappa shape index (κ2) is 8.24. The monoisotopic (exact) mass is 401 g/mol. The van der Waals surface area contributed by atoms with Crippen molar-refractivity contribution in [3.05, 3.63) is 64.7 Å². The Morgan fingerprint density at radius 2 is 1.64 bits per heavy atom. The molecular formula is C21H23NO5S. The normalized spacial score (nSPS) is 14.8. The van der Waals surface area contributed by atoms with E-state index in [1.807, 2.05) is 19.9 Å². The quantitative estimate of drug-likeness (QED) is 0.549. The number of ketones is 1. The summed E-state index contributed by atoms with van der Waals surface area (Å²) in [5.41, 5.74) is 2.51. The Morgan fingerprint density at radius 1 is 1.00 bits per heavy atom. The highest BCUT2D eigenvalue weighted by Gasteiger charge is 2.27. The van der Waals surface area contributed by atoms with E-state index in [0.717, 1.165) is 24.0 Å². The Labute approximate surface area is 165 Å². The number of hydrogen-bond acceptors (Lipinski definition) is 5. The summed E-state index contributed by atoms with van der Waals surface area (Å²) in [6, 6.07) is 11.1. The minimum Gasteiger partial charge on any atom is -0.454 e. The first-order valence-corrected chi connectivity index (χ1v) is 10.6. The molecule has 0 radical (unpaired) electrons. The van der Waals surface area contributed by atoms with E-state index in [0.29, 0.717) is 24.2 Å². The predicted octanol–water partition coefficient (Wildman–Crippen LogP) is 3.13. The molecule has 1 aliphatic heterocycles. The minimum atomic E-state index is -3.52. The van der Waals surface area contributed by atoms with E-state index in [9.17, 15) is 18.0 Å². The van der Waals surface area contributed by atoms with Crippen LogP contribution in [0.15, 0.2) is 47.4 Å². The molecule has 1 fully saturated rings. The van der Waals surface area contributed by atoms with E-state index in [1.165, 1.54) is 28.6 Å². The number of aryl methyl sites for hydroxylation is 1. The summed E-state index contributed by atoms with van der Waals surface area (Å²) >= 11 is 0. The molecule has 7 heteroatoms. The number of rotatable bonds is 6. The van der Waals surface area contributed by atoms with Crippen LogP contribution in [0.1, 0.15) is 44.7 Å². The van der Waals surface area contributed by atoms with Gasteiger partial charge in [-0.3, -0.25) is 4.79 Å². The number of ether oxygens (including phenoxy) is 1. The summed E-state index contributed by atoms with van der Waals surface area (Å²) in [6.45, 7) is 4.38. The Kier molecular flexibility index (Phi) is 5.96. The molecule has 0 bridgehead atoms. The number of carbonyl (C=O) groups is 2. The lowest BCUT2D eigenvalue weighted by molar-refractivity contribution is 0.0474. The lowest BCUT2D eigenvalue weighted by Crippen LogP contribution is -2.27. The second-order valence-corrected chi connectivity index (χ2v) is 8.82. The average molecular weight is 401 g/mol. The molecule has 2 aromatic rings. The number of Topliss-reactive ketones (excluding diaryl/α,β-unsaturated/α-hetero) is 1. The fourth-order valence-corrected chi connectivity index (χ4v) is 4.67. The molecule has 0 aromatic heterocycles. The summed E-state index contributed by atoms with van der Waals surface area (Å²) in [5.74, 6) is -0.938. The van der Waals surface area contributed by atoms with Crippen LogP contribution in [0.5, 0.6) is 0 Å². The topological polar surface area (TPSA) is 80.8 Å². The molecule has 0 unspecified atom stereocenters. The van der Waals surface area contributed by atoms with Crippen LogP contribution < -0.4 is 0 Å².